The number of carbonyl (C=O) groups is 1. The van der Waals surface area contributed by atoms with E-state index in [0.717, 1.165) is 5.69 Å². The van der Waals surface area contributed by atoms with Crippen molar-refractivity contribution in [2.24, 2.45) is 17.2 Å². The van der Waals surface area contributed by atoms with Crippen molar-refractivity contribution in [2.75, 3.05) is 43.9 Å². The number of H-pyrrole nitrogens is 1. The number of nitrogens with two attached hydrogens (primary N) is 3. The number of pyridine rings is 3. The van der Waals surface area contributed by atoms with E-state index in [9.17, 15) is 14.0 Å². The summed E-state index contributed by atoms with van der Waals surface area (Å²) in [6.45, 7) is 1.74. The van der Waals surface area contributed by atoms with Crippen LogP contribution in [0.3, 0.4) is 0 Å². The molecular weight excluding hydrogens is 525 g/mol. The molecule has 2 fully saturated rings. The number of aromatic amines is 1. The van der Waals surface area contributed by atoms with Crippen LogP contribution >= 0.6 is 0 Å². The first-order chi connectivity index (χ1) is 19.5. The third kappa shape index (κ3) is 3.44. The first kappa shape index (κ1) is 25.4. The van der Waals surface area contributed by atoms with Gasteiger partial charge in [-0.05, 0) is 43.8 Å². The topological polar surface area (TPSA) is 164 Å². The van der Waals surface area contributed by atoms with Crippen molar-refractivity contribution < 1.29 is 9.18 Å². The van der Waals surface area contributed by atoms with E-state index >= 15 is 0 Å². The SMILES string of the molecule is CNc1cc(F)cc2c1[nH]c1ncc(-c3ccc4ccc(C(N)=O)c(=O)n4c3)c(N3CC[C@@]4(N)CN(C)C[C@@]34N)c12. The lowest BCUT2D eigenvalue weighted by atomic mass is 9.89. The number of benzene rings is 1. The monoisotopic (exact) mass is 555 g/mol. The smallest absolute Gasteiger partial charge is 0.267 e. The summed E-state index contributed by atoms with van der Waals surface area (Å²) in [5.41, 5.74) is 22.0. The van der Waals surface area contributed by atoms with Gasteiger partial charge in [0.2, 0.25) is 0 Å². The Morgan fingerprint density at radius 3 is 2.71 bits per heavy atom. The number of halogens is 1. The van der Waals surface area contributed by atoms with Crippen LogP contribution in [0.15, 0.2) is 53.6 Å². The minimum absolute atomic E-state index is 0.109. The van der Waals surface area contributed by atoms with E-state index < -0.39 is 28.5 Å². The molecule has 0 spiro atoms. The zero-order chi connectivity index (χ0) is 28.8. The lowest BCUT2D eigenvalue weighted by Crippen LogP contribution is -2.68. The summed E-state index contributed by atoms with van der Waals surface area (Å²) in [6, 6.07) is 9.70. The number of amides is 1. The van der Waals surface area contributed by atoms with Gasteiger partial charge in [-0.2, -0.15) is 0 Å². The van der Waals surface area contributed by atoms with Crippen molar-refractivity contribution in [2.45, 2.75) is 17.6 Å². The average Bonchev–Trinajstić information content (AvgIpc) is 3.50. The maximum Gasteiger partial charge on any atom is 0.267 e. The van der Waals surface area contributed by atoms with Crippen molar-refractivity contribution in [3.8, 4) is 11.1 Å². The first-order valence-corrected chi connectivity index (χ1v) is 13.4. The molecule has 2 saturated heterocycles. The molecule has 2 aliphatic rings. The summed E-state index contributed by atoms with van der Waals surface area (Å²) in [6.07, 6.45) is 4.06. The minimum atomic E-state index is -0.916. The van der Waals surface area contributed by atoms with Crippen molar-refractivity contribution in [1.29, 1.82) is 0 Å². The fourth-order valence-corrected chi connectivity index (χ4v) is 6.85. The number of likely N-dealkylation sites (N-methyl/N-ethyl adjacent to an activating group) is 1. The molecule has 2 atom stereocenters. The number of carbonyl (C=O) groups excluding carboxylic acids is 1. The van der Waals surface area contributed by atoms with Gasteiger partial charge in [-0.25, -0.2) is 9.37 Å². The molecule has 41 heavy (non-hydrogen) atoms. The Kier molecular flexibility index (Phi) is 5.27. The molecule has 7 rings (SSSR count). The van der Waals surface area contributed by atoms with Crippen molar-refractivity contribution in [3.63, 3.8) is 0 Å². The molecule has 11 nitrogen and oxygen atoms in total. The predicted molar refractivity (Wildman–Crippen MR) is 158 cm³/mol. The van der Waals surface area contributed by atoms with Crippen LogP contribution in [-0.2, 0) is 0 Å². The molecule has 0 radical (unpaired) electrons. The molecule has 6 heterocycles. The predicted octanol–water partition coefficient (Wildman–Crippen LogP) is 1.78. The Hall–Kier alpha value is -4.52. The molecule has 0 unspecified atom stereocenters. The van der Waals surface area contributed by atoms with Crippen LogP contribution in [0, 0.1) is 5.82 Å². The number of hydrogen-bond acceptors (Lipinski definition) is 8. The summed E-state index contributed by atoms with van der Waals surface area (Å²) < 4.78 is 16.3. The maximum absolute atomic E-state index is 14.9. The van der Waals surface area contributed by atoms with Gasteiger partial charge >= 0.3 is 0 Å². The number of likely N-dealkylation sites (tertiary alicyclic amines) is 1. The van der Waals surface area contributed by atoms with E-state index in [-0.39, 0.29) is 5.56 Å². The van der Waals surface area contributed by atoms with Crippen LogP contribution < -0.4 is 33.0 Å². The molecule has 2 aliphatic heterocycles. The van der Waals surface area contributed by atoms with Crippen molar-refractivity contribution >= 4 is 44.7 Å². The Morgan fingerprint density at radius 2 is 1.95 bits per heavy atom. The first-order valence-electron chi connectivity index (χ1n) is 13.4. The highest BCUT2D eigenvalue weighted by molar-refractivity contribution is 6.18. The van der Waals surface area contributed by atoms with Crippen LogP contribution in [0.2, 0.25) is 0 Å². The molecule has 1 amide bonds. The largest absolute Gasteiger partial charge is 0.386 e. The van der Waals surface area contributed by atoms with Gasteiger partial charge in [-0.3, -0.25) is 14.0 Å². The quantitative estimate of drug-likeness (QED) is 0.224. The van der Waals surface area contributed by atoms with Gasteiger partial charge in [-0.1, -0.05) is 6.07 Å². The van der Waals surface area contributed by atoms with Gasteiger partial charge in [0.25, 0.3) is 11.5 Å². The van der Waals surface area contributed by atoms with Crippen molar-refractivity contribution in [1.82, 2.24) is 19.3 Å². The number of fused-ring (bicyclic) bond motifs is 5. The molecule has 8 N–H and O–H groups in total. The van der Waals surface area contributed by atoms with Crippen LogP contribution in [0.4, 0.5) is 15.8 Å². The van der Waals surface area contributed by atoms with Gasteiger partial charge in [0.05, 0.1) is 27.8 Å². The van der Waals surface area contributed by atoms with Gasteiger partial charge in [0, 0.05) is 61.1 Å². The minimum Gasteiger partial charge on any atom is -0.386 e. The summed E-state index contributed by atoms with van der Waals surface area (Å²) >= 11 is 0. The zero-order valence-electron chi connectivity index (χ0n) is 22.7. The molecule has 0 aliphatic carbocycles. The summed E-state index contributed by atoms with van der Waals surface area (Å²) in [4.78, 5) is 37.4. The highest BCUT2D eigenvalue weighted by Crippen LogP contribution is 2.49. The number of aromatic nitrogens is 3. The van der Waals surface area contributed by atoms with Gasteiger partial charge in [0.15, 0.2) is 0 Å². The fraction of sp³-hybridized carbons (Fsp3) is 0.276. The summed E-state index contributed by atoms with van der Waals surface area (Å²) in [7, 11) is 3.73. The molecule has 0 bridgehead atoms. The second-order valence-corrected chi connectivity index (χ2v) is 11.3. The van der Waals surface area contributed by atoms with E-state index in [1.165, 1.54) is 22.6 Å². The van der Waals surface area contributed by atoms with Crippen molar-refractivity contribution in [3.05, 3.63) is 70.5 Å². The molecule has 4 aromatic heterocycles. The Labute approximate surface area is 233 Å². The highest BCUT2D eigenvalue weighted by Gasteiger charge is 2.60. The molecule has 1 aromatic carbocycles. The standard InChI is InChI=1S/C29H30FN9O2/c1-34-21-10-16(30)9-19-22-24(39-8-7-28(32)13-37(2)14-29(28,39)33)20(11-35-26(22)36-23(19)21)15-3-4-17-5-6-18(25(31)40)27(41)38(17)12-15/h3-6,9-12,34H,7-8,13-14,32-33H2,1-2H3,(H2,31,40)(H,35,36)/t28-,29-/m1/s1. The number of primary amides is 1. The van der Waals surface area contributed by atoms with Gasteiger partial charge in [0.1, 0.15) is 22.7 Å². The van der Waals surface area contributed by atoms with Crippen LogP contribution in [0.5, 0.6) is 0 Å². The molecule has 210 valence electrons. The maximum atomic E-state index is 14.9. The Balaban J connectivity index is 1.57. The average molecular weight is 556 g/mol. The Morgan fingerprint density at radius 1 is 1.17 bits per heavy atom. The second kappa shape index (κ2) is 8.49. The normalized spacial score (nSPS) is 22.7. The highest BCUT2D eigenvalue weighted by atomic mass is 19.1. The number of nitrogens with one attached hydrogen (secondary N) is 2. The number of anilines is 2. The van der Waals surface area contributed by atoms with E-state index in [0.29, 0.717) is 70.3 Å². The van der Waals surface area contributed by atoms with E-state index in [1.54, 1.807) is 31.6 Å². The third-order valence-electron chi connectivity index (χ3n) is 8.82. The van der Waals surface area contributed by atoms with E-state index in [4.69, 9.17) is 22.2 Å². The summed E-state index contributed by atoms with van der Waals surface area (Å²) in [5, 5.41) is 4.41. The van der Waals surface area contributed by atoms with Gasteiger partial charge < -0.3 is 37.3 Å². The van der Waals surface area contributed by atoms with Crippen LogP contribution in [-0.4, -0.2) is 70.1 Å². The van der Waals surface area contributed by atoms with Crippen LogP contribution in [0.1, 0.15) is 16.8 Å². The second-order valence-electron chi connectivity index (χ2n) is 11.3. The molecular formula is C29H30FN9O2. The number of hydrogen-bond donors (Lipinski definition) is 5. The van der Waals surface area contributed by atoms with E-state index in [2.05, 4.69) is 20.1 Å². The molecule has 5 aromatic rings. The number of nitrogens with zero attached hydrogens (tertiary/aromatic N) is 4. The number of rotatable bonds is 4. The molecule has 12 heteroatoms. The fourth-order valence-electron chi connectivity index (χ4n) is 6.85. The lowest BCUT2D eigenvalue weighted by molar-refractivity contribution is 0.0998. The van der Waals surface area contributed by atoms with E-state index in [1.807, 2.05) is 13.1 Å². The summed E-state index contributed by atoms with van der Waals surface area (Å²) in [5.74, 6) is -1.19. The Bertz CT molecular complexity index is 1980. The van der Waals surface area contributed by atoms with Gasteiger partial charge in [-0.15, -0.1) is 0 Å². The third-order valence-corrected chi connectivity index (χ3v) is 8.82. The lowest BCUT2D eigenvalue weighted by Gasteiger charge is -2.41. The zero-order valence-corrected chi connectivity index (χ0v) is 22.7. The molecule has 0 saturated carbocycles. The van der Waals surface area contributed by atoms with Crippen LogP contribution in [0.25, 0.3) is 38.6 Å².